The van der Waals surface area contributed by atoms with Gasteiger partial charge >= 0.3 is 0 Å². The number of hydrogen-bond acceptors (Lipinski definition) is 5. The maximum absolute atomic E-state index is 13.3. The summed E-state index contributed by atoms with van der Waals surface area (Å²) in [5.41, 5.74) is 5.28. The number of benzene rings is 1. The van der Waals surface area contributed by atoms with Crippen molar-refractivity contribution in [2.75, 3.05) is 0 Å². The second-order valence-electron chi connectivity index (χ2n) is 8.22. The molecule has 0 spiro atoms. The number of rotatable bonds is 6. The van der Waals surface area contributed by atoms with Crippen LogP contribution in [0.4, 0.5) is 0 Å². The van der Waals surface area contributed by atoms with E-state index in [0.29, 0.717) is 22.0 Å². The molecule has 0 saturated heterocycles. The molecule has 7 nitrogen and oxygen atoms in total. The highest BCUT2D eigenvalue weighted by molar-refractivity contribution is 6.33. The maximum atomic E-state index is 13.3. The SMILES string of the molecule is Cc1cnc(-c2cc(C(=O)NC(C)c3cnccn3)cc(-c3ccnn3C(C)C)c2)c(Cl)c1. The smallest absolute Gasteiger partial charge is 0.251 e. The topological polar surface area (TPSA) is 85.6 Å². The summed E-state index contributed by atoms with van der Waals surface area (Å²) in [6.07, 6.45) is 8.37. The fraction of sp³-hybridized carbons (Fsp3) is 0.240. The van der Waals surface area contributed by atoms with Gasteiger partial charge in [0.25, 0.3) is 5.91 Å². The van der Waals surface area contributed by atoms with Gasteiger partial charge in [0.1, 0.15) is 0 Å². The second kappa shape index (κ2) is 9.50. The van der Waals surface area contributed by atoms with Crippen LogP contribution in [0.5, 0.6) is 0 Å². The van der Waals surface area contributed by atoms with Crippen molar-refractivity contribution >= 4 is 17.5 Å². The molecule has 0 radical (unpaired) electrons. The zero-order chi connectivity index (χ0) is 23.5. The Morgan fingerprint density at radius 3 is 2.48 bits per heavy atom. The first-order valence-electron chi connectivity index (χ1n) is 10.7. The lowest BCUT2D eigenvalue weighted by atomic mass is 9.99. The Morgan fingerprint density at radius 2 is 1.79 bits per heavy atom. The summed E-state index contributed by atoms with van der Waals surface area (Å²) in [6, 6.07) is 9.32. The van der Waals surface area contributed by atoms with Gasteiger partial charge in [0.05, 0.1) is 34.3 Å². The van der Waals surface area contributed by atoms with E-state index in [1.807, 2.05) is 48.9 Å². The number of carbonyl (C=O) groups excluding carboxylic acids is 1. The predicted octanol–water partition coefficient (Wildman–Crippen LogP) is 5.44. The van der Waals surface area contributed by atoms with Crippen molar-refractivity contribution in [3.63, 3.8) is 0 Å². The number of halogens is 1. The summed E-state index contributed by atoms with van der Waals surface area (Å²) in [7, 11) is 0. The fourth-order valence-corrected chi connectivity index (χ4v) is 3.96. The summed E-state index contributed by atoms with van der Waals surface area (Å²) >= 11 is 6.52. The number of aromatic nitrogens is 5. The maximum Gasteiger partial charge on any atom is 0.251 e. The van der Waals surface area contributed by atoms with Crippen molar-refractivity contribution in [1.29, 1.82) is 0 Å². The monoisotopic (exact) mass is 460 g/mol. The lowest BCUT2D eigenvalue weighted by molar-refractivity contribution is 0.0939. The van der Waals surface area contributed by atoms with Gasteiger partial charge in [-0.15, -0.1) is 0 Å². The lowest BCUT2D eigenvalue weighted by Gasteiger charge is -2.16. The van der Waals surface area contributed by atoms with Gasteiger partial charge in [0.2, 0.25) is 0 Å². The molecule has 4 aromatic rings. The number of pyridine rings is 1. The molecule has 1 N–H and O–H groups in total. The van der Waals surface area contributed by atoms with E-state index in [2.05, 4.69) is 39.2 Å². The number of amides is 1. The quantitative estimate of drug-likeness (QED) is 0.414. The minimum atomic E-state index is -0.305. The van der Waals surface area contributed by atoms with Gasteiger partial charge in [-0.25, -0.2) is 0 Å². The second-order valence-corrected chi connectivity index (χ2v) is 8.63. The fourth-order valence-electron chi connectivity index (χ4n) is 3.63. The van der Waals surface area contributed by atoms with Crippen LogP contribution in [-0.4, -0.2) is 30.6 Å². The van der Waals surface area contributed by atoms with Crippen LogP contribution < -0.4 is 5.32 Å². The highest BCUT2D eigenvalue weighted by Crippen LogP contribution is 2.32. The van der Waals surface area contributed by atoms with Crippen molar-refractivity contribution in [2.45, 2.75) is 39.8 Å². The first kappa shape index (κ1) is 22.6. The van der Waals surface area contributed by atoms with Gasteiger partial charge < -0.3 is 5.32 Å². The number of aryl methyl sites for hydroxylation is 1. The number of hydrogen-bond donors (Lipinski definition) is 1. The van der Waals surface area contributed by atoms with Gasteiger partial charge in [-0.2, -0.15) is 5.10 Å². The van der Waals surface area contributed by atoms with E-state index in [-0.39, 0.29) is 18.0 Å². The van der Waals surface area contributed by atoms with Crippen LogP contribution in [0.3, 0.4) is 0 Å². The average Bonchev–Trinajstić information content (AvgIpc) is 3.30. The Morgan fingerprint density at radius 1 is 1.00 bits per heavy atom. The summed E-state index contributed by atoms with van der Waals surface area (Å²) < 4.78 is 1.92. The third kappa shape index (κ3) is 4.93. The molecule has 0 saturated carbocycles. The Balaban J connectivity index is 1.79. The van der Waals surface area contributed by atoms with E-state index < -0.39 is 0 Å². The van der Waals surface area contributed by atoms with Crippen LogP contribution in [0.2, 0.25) is 5.02 Å². The number of carbonyl (C=O) groups is 1. The molecule has 0 aliphatic rings. The zero-order valence-electron chi connectivity index (χ0n) is 19.0. The first-order chi connectivity index (χ1) is 15.8. The Kier molecular flexibility index (Phi) is 6.51. The molecular formula is C25H25ClN6O. The van der Waals surface area contributed by atoms with Crippen LogP contribution in [0.25, 0.3) is 22.5 Å². The third-order valence-corrected chi connectivity index (χ3v) is 5.56. The van der Waals surface area contributed by atoms with E-state index in [1.54, 1.807) is 31.0 Å². The molecule has 3 heterocycles. The molecule has 0 aliphatic carbocycles. The van der Waals surface area contributed by atoms with Crippen LogP contribution in [-0.2, 0) is 0 Å². The largest absolute Gasteiger partial charge is 0.344 e. The summed E-state index contributed by atoms with van der Waals surface area (Å²) in [4.78, 5) is 26.2. The van der Waals surface area contributed by atoms with Crippen molar-refractivity contribution in [2.24, 2.45) is 0 Å². The minimum Gasteiger partial charge on any atom is -0.344 e. The molecular weight excluding hydrogens is 436 g/mol. The molecule has 3 aromatic heterocycles. The van der Waals surface area contributed by atoms with E-state index in [4.69, 9.17) is 11.6 Å². The molecule has 33 heavy (non-hydrogen) atoms. The normalized spacial score (nSPS) is 12.1. The minimum absolute atomic E-state index is 0.161. The molecule has 4 rings (SSSR count). The van der Waals surface area contributed by atoms with E-state index in [9.17, 15) is 4.79 Å². The van der Waals surface area contributed by atoms with Crippen molar-refractivity contribution in [3.8, 4) is 22.5 Å². The van der Waals surface area contributed by atoms with E-state index in [0.717, 1.165) is 22.4 Å². The van der Waals surface area contributed by atoms with Gasteiger partial charge in [0, 0.05) is 47.5 Å². The number of nitrogens with one attached hydrogen (secondary N) is 1. The highest BCUT2D eigenvalue weighted by atomic mass is 35.5. The molecule has 8 heteroatoms. The molecule has 1 unspecified atom stereocenters. The summed E-state index contributed by atoms with van der Waals surface area (Å²) in [6.45, 7) is 7.94. The Bertz CT molecular complexity index is 1290. The van der Waals surface area contributed by atoms with Gasteiger partial charge in [-0.05, 0) is 63.6 Å². The third-order valence-electron chi connectivity index (χ3n) is 5.28. The highest BCUT2D eigenvalue weighted by Gasteiger charge is 2.18. The molecule has 1 amide bonds. The van der Waals surface area contributed by atoms with Crippen LogP contribution in [0, 0.1) is 6.92 Å². The van der Waals surface area contributed by atoms with Gasteiger partial charge in [0.15, 0.2) is 0 Å². The van der Waals surface area contributed by atoms with Gasteiger partial charge in [-0.3, -0.25) is 24.4 Å². The first-order valence-corrected chi connectivity index (χ1v) is 11.1. The van der Waals surface area contributed by atoms with Crippen LogP contribution in [0.15, 0.2) is 61.3 Å². The molecule has 0 bridgehead atoms. The predicted molar refractivity (Wildman–Crippen MR) is 129 cm³/mol. The molecule has 168 valence electrons. The van der Waals surface area contributed by atoms with Crippen LogP contribution in [0.1, 0.15) is 54.5 Å². The van der Waals surface area contributed by atoms with Crippen molar-refractivity contribution in [1.82, 2.24) is 30.0 Å². The molecule has 0 fully saturated rings. The van der Waals surface area contributed by atoms with E-state index >= 15 is 0 Å². The van der Waals surface area contributed by atoms with Crippen molar-refractivity contribution < 1.29 is 4.79 Å². The van der Waals surface area contributed by atoms with Crippen LogP contribution >= 0.6 is 11.6 Å². The lowest BCUT2D eigenvalue weighted by Crippen LogP contribution is -2.27. The average molecular weight is 461 g/mol. The zero-order valence-corrected chi connectivity index (χ0v) is 19.7. The Labute approximate surface area is 197 Å². The Hall–Kier alpha value is -3.58. The molecule has 1 aromatic carbocycles. The van der Waals surface area contributed by atoms with Crippen molar-refractivity contribution in [3.05, 3.63) is 83.2 Å². The summed E-state index contributed by atoms with van der Waals surface area (Å²) in [5, 5.41) is 7.98. The number of nitrogens with zero attached hydrogens (tertiary/aromatic N) is 5. The van der Waals surface area contributed by atoms with Gasteiger partial charge in [-0.1, -0.05) is 11.6 Å². The standard InChI is InChI=1S/C25H25ClN6O/c1-15(2)32-23(5-6-30-32)18-10-19(24-21(26)9-16(3)13-29-24)12-20(11-18)25(33)31-17(4)22-14-27-7-8-28-22/h5-15,17H,1-4H3,(H,31,33). The summed E-state index contributed by atoms with van der Waals surface area (Å²) in [5.74, 6) is -0.227. The molecule has 1 atom stereocenters. The molecule has 0 aliphatic heterocycles. The van der Waals surface area contributed by atoms with E-state index in [1.165, 1.54) is 0 Å².